The Morgan fingerprint density at radius 2 is 2.21 bits per heavy atom. The van der Waals surface area contributed by atoms with Crippen molar-refractivity contribution >= 4 is 11.9 Å². The molecule has 0 saturated carbocycles. The highest BCUT2D eigenvalue weighted by Gasteiger charge is 2.26. The number of nitrogens with one attached hydrogen (secondary N) is 2. The van der Waals surface area contributed by atoms with Gasteiger partial charge in [0.15, 0.2) is 5.69 Å². The lowest BCUT2D eigenvalue weighted by molar-refractivity contribution is -0.140. The molecule has 1 amide bonds. The molecule has 0 bridgehead atoms. The number of hydrogen-bond acceptors (Lipinski definition) is 5. The molecule has 1 aromatic heterocycles. The third-order valence-corrected chi connectivity index (χ3v) is 3.10. The number of carboxylic acid groups (broad SMARTS) is 1. The summed E-state index contributed by atoms with van der Waals surface area (Å²) in [6, 6.07) is -0.711. The summed E-state index contributed by atoms with van der Waals surface area (Å²) >= 11 is 0. The predicted octanol–water partition coefficient (Wildman–Crippen LogP) is -0.739. The molecule has 1 aromatic rings. The lowest BCUT2D eigenvalue weighted by Gasteiger charge is -2.26. The van der Waals surface area contributed by atoms with Gasteiger partial charge in [-0.3, -0.25) is 4.79 Å². The molecule has 2 rings (SSSR count). The Hall–Kier alpha value is -1.96. The van der Waals surface area contributed by atoms with Crippen LogP contribution in [-0.4, -0.2) is 51.1 Å². The van der Waals surface area contributed by atoms with Gasteiger partial charge in [0.1, 0.15) is 6.04 Å². The van der Waals surface area contributed by atoms with E-state index in [4.69, 9.17) is 5.11 Å². The summed E-state index contributed by atoms with van der Waals surface area (Å²) in [4.78, 5) is 22.9. The molecule has 3 N–H and O–H groups in total. The first kappa shape index (κ1) is 13.5. The number of nitrogens with zero attached hydrogens (tertiary/aromatic N) is 3. The Morgan fingerprint density at radius 1 is 1.53 bits per heavy atom. The fourth-order valence-corrected chi connectivity index (χ4v) is 1.75. The normalized spacial score (nSPS) is 17.0. The molecule has 0 spiro atoms. The summed E-state index contributed by atoms with van der Waals surface area (Å²) in [6.45, 7) is 5.06. The monoisotopic (exact) mass is 267 g/mol. The zero-order chi connectivity index (χ0) is 14.0. The summed E-state index contributed by atoms with van der Waals surface area (Å²) < 4.78 is 1.62. The van der Waals surface area contributed by atoms with Crippen molar-refractivity contribution in [3.05, 3.63) is 11.9 Å². The van der Waals surface area contributed by atoms with E-state index in [2.05, 4.69) is 20.9 Å². The summed E-state index contributed by atoms with van der Waals surface area (Å²) in [7, 11) is 0. The van der Waals surface area contributed by atoms with Gasteiger partial charge in [0.2, 0.25) is 0 Å². The first-order valence-electron chi connectivity index (χ1n) is 6.15. The fourth-order valence-electron chi connectivity index (χ4n) is 1.75. The van der Waals surface area contributed by atoms with Crippen LogP contribution in [0.4, 0.5) is 0 Å². The molecule has 0 radical (unpaired) electrons. The predicted molar refractivity (Wildman–Crippen MR) is 65.7 cm³/mol. The van der Waals surface area contributed by atoms with E-state index >= 15 is 0 Å². The van der Waals surface area contributed by atoms with Crippen LogP contribution < -0.4 is 10.6 Å². The molecule has 1 saturated heterocycles. The summed E-state index contributed by atoms with van der Waals surface area (Å²) in [5.41, 5.74) is 0.138. The van der Waals surface area contributed by atoms with Crippen LogP contribution in [-0.2, 0) is 4.79 Å². The van der Waals surface area contributed by atoms with Gasteiger partial charge in [-0.15, -0.1) is 5.10 Å². The SMILES string of the molecule is CC(C)[C@H](NC(=O)c1cn(C2CNC2)nn1)C(=O)O. The van der Waals surface area contributed by atoms with Crippen molar-refractivity contribution in [2.45, 2.75) is 25.9 Å². The van der Waals surface area contributed by atoms with Crippen LogP contribution >= 0.6 is 0 Å². The molecular formula is C11H17N5O3. The van der Waals surface area contributed by atoms with Crippen molar-refractivity contribution in [3.8, 4) is 0 Å². The number of rotatable bonds is 5. The number of hydrogen-bond donors (Lipinski definition) is 3. The Balaban J connectivity index is 2.02. The summed E-state index contributed by atoms with van der Waals surface area (Å²) in [5.74, 6) is -1.77. The number of carbonyl (C=O) groups is 2. The Kier molecular flexibility index (Phi) is 3.79. The smallest absolute Gasteiger partial charge is 0.326 e. The average Bonchev–Trinajstić information content (AvgIpc) is 2.71. The molecule has 8 heteroatoms. The van der Waals surface area contributed by atoms with E-state index < -0.39 is 17.9 Å². The maximum Gasteiger partial charge on any atom is 0.326 e. The number of carbonyl (C=O) groups excluding carboxylic acids is 1. The second kappa shape index (κ2) is 5.35. The van der Waals surface area contributed by atoms with Crippen LogP contribution in [0.2, 0.25) is 0 Å². The van der Waals surface area contributed by atoms with Crippen molar-refractivity contribution in [2.75, 3.05) is 13.1 Å². The topological polar surface area (TPSA) is 109 Å². The first-order chi connectivity index (χ1) is 8.99. The highest BCUT2D eigenvalue weighted by atomic mass is 16.4. The standard InChI is InChI=1S/C11H17N5O3/c1-6(2)9(11(18)19)13-10(17)8-5-16(15-14-8)7-3-12-4-7/h5-7,9,12H,3-4H2,1-2H3,(H,13,17)(H,18,19)/t9-/m0/s1. The van der Waals surface area contributed by atoms with E-state index in [0.29, 0.717) is 0 Å². The molecule has 1 fully saturated rings. The van der Waals surface area contributed by atoms with Gasteiger partial charge in [-0.2, -0.15) is 0 Å². The molecular weight excluding hydrogens is 250 g/mol. The number of carboxylic acids is 1. The first-order valence-corrected chi connectivity index (χ1v) is 6.15. The third-order valence-electron chi connectivity index (χ3n) is 3.10. The zero-order valence-electron chi connectivity index (χ0n) is 10.8. The minimum absolute atomic E-state index is 0.138. The third kappa shape index (κ3) is 2.90. The lowest BCUT2D eigenvalue weighted by Crippen LogP contribution is -2.44. The van der Waals surface area contributed by atoms with Crippen LogP contribution in [0.1, 0.15) is 30.4 Å². The van der Waals surface area contributed by atoms with Crippen molar-refractivity contribution in [3.63, 3.8) is 0 Å². The number of aliphatic carboxylic acids is 1. The molecule has 0 aliphatic carbocycles. The van der Waals surface area contributed by atoms with Crippen LogP contribution in [0, 0.1) is 5.92 Å². The van der Waals surface area contributed by atoms with Crippen molar-refractivity contribution in [1.82, 2.24) is 25.6 Å². The minimum atomic E-state index is -1.06. The van der Waals surface area contributed by atoms with Crippen LogP contribution in [0.3, 0.4) is 0 Å². The van der Waals surface area contributed by atoms with Crippen LogP contribution in [0.25, 0.3) is 0 Å². The highest BCUT2D eigenvalue weighted by molar-refractivity contribution is 5.94. The van der Waals surface area contributed by atoms with Gasteiger partial charge in [0.05, 0.1) is 12.2 Å². The molecule has 0 aromatic carbocycles. The van der Waals surface area contributed by atoms with E-state index in [1.54, 1.807) is 24.7 Å². The van der Waals surface area contributed by atoms with E-state index in [0.717, 1.165) is 13.1 Å². The highest BCUT2D eigenvalue weighted by Crippen LogP contribution is 2.10. The number of aromatic nitrogens is 3. The zero-order valence-corrected chi connectivity index (χ0v) is 10.8. The Labute approximate surface area is 110 Å². The van der Waals surface area contributed by atoms with Gasteiger partial charge in [-0.1, -0.05) is 19.1 Å². The molecule has 1 aliphatic rings. The average molecular weight is 267 g/mol. The van der Waals surface area contributed by atoms with Gasteiger partial charge in [0.25, 0.3) is 5.91 Å². The second-order valence-corrected chi connectivity index (χ2v) is 4.93. The Bertz CT molecular complexity index is 480. The second-order valence-electron chi connectivity index (χ2n) is 4.93. The van der Waals surface area contributed by atoms with Crippen molar-refractivity contribution in [1.29, 1.82) is 0 Å². The van der Waals surface area contributed by atoms with E-state index in [9.17, 15) is 9.59 Å². The van der Waals surface area contributed by atoms with Crippen molar-refractivity contribution < 1.29 is 14.7 Å². The molecule has 1 atom stereocenters. The molecule has 104 valence electrons. The van der Waals surface area contributed by atoms with Gasteiger partial charge in [-0.05, 0) is 5.92 Å². The maximum absolute atomic E-state index is 11.9. The van der Waals surface area contributed by atoms with Gasteiger partial charge < -0.3 is 15.7 Å². The quantitative estimate of drug-likeness (QED) is 0.648. The fraction of sp³-hybridized carbons (Fsp3) is 0.636. The molecule has 2 heterocycles. The molecule has 0 unspecified atom stereocenters. The Morgan fingerprint density at radius 3 is 2.68 bits per heavy atom. The molecule has 1 aliphatic heterocycles. The maximum atomic E-state index is 11.9. The molecule has 8 nitrogen and oxygen atoms in total. The van der Waals surface area contributed by atoms with Gasteiger partial charge >= 0.3 is 5.97 Å². The minimum Gasteiger partial charge on any atom is -0.480 e. The molecule has 19 heavy (non-hydrogen) atoms. The van der Waals surface area contributed by atoms with E-state index in [-0.39, 0.29) is 17.7 Å². The summed E-state index contributed by atoms with van der Waals surface area (Å²) in [5, 5.41) is 22.2. The van der Waals surface area contributed by atoms with E-state index in [1.807, 2.05) is 0 Å². The summed E-state index contributed by atoms with van der Waals surface area (Å²) in [6.07, 6.45) is 1.54. The van der Waals surface area contributed by atoms with Crippen molar-refractivity contribution in [2.24, 2.45) is 5.92 Å². The van der Waals surface area contributed by atoms with Crippen LogP contribution in [0.5, 0.6) is 0 Å². The van der Waals surface area contributed by atoms with Gasteiger partial charge in [0, 0.05) is 13.1 Å². The van der Waals surface area contributed by atoms with Crippen LogP contribution in [0.15, 0.2) is 6.20 Å². The lowest BCUT2D eigenvalue weighted by atomic mass is 10.0. The van der Waals surface area contributed by atoms with E-state index in [1.165, 1.54) is 0 Å². The van der Waals surface area contributed by atoms with Gasteiger partial charge in [-0.25, -0.2) is 9.48 Å². The largest absolute Gasteiger partial charge is 0.480 e. The number of amides is 1.